The van der Waals surface area contributed by atoms with Gasteiger partial charge in [0.05, 0.1) is 0 Å². The predicted octanol–water partition coefficient (Wildman–Crippen LogP) is 2.84. The Labute approximate surface area is 103 Å². The van der Waals surface area contributed by atoms with Gasteiger partial charge in [-0.05, 0) is 44.5 Å². The van der Waals surface area contributed by atoms with Crippen LogP contribution in [-0.2, 0) is 0 Å². The Morgan fingerprint density at radius 1 is 1.44 bits per heavy atom. The Hall–Kier alpha value is -0.730. The van der Waals surface area contributed by atoms with Crippen LogP contribution in [0.2, 0.25) is 5.02 Å². The minimum atomic E-state index is 0.527. The molecule has 88 valence electrons. The summed E-state index contributed by atoms with van der Waals surface area (Å²) in [6.45, 7) is 7.63. The van der Waals surface area contributed by atoms with E-state index in [4.69, 9.17) is 11.6 Å². The van der Waals surface area contributed by atoms with Gasteiger partial charge in [0.25, 0.3) is 0 Å². The number of benzene rings is 1. The Kier molecular flexibility index (Phi) is 3.72. The number of rotatable bonds is 1. The second kappa shape index (κ2) is 5.07. The molecule has 2 rings (SSSR count). The zero-order valence-corrected chi connectivity index (χ0v) is 10.7. The van der Waals surface area contributed by atoms with E-state index in [1.165, 1.54) is 17.7 Å². The maximum Gasteiger partial charge on any atom is 0.0455 e. The van der Waals surface area contributed by atoms with E-state index in [0.717, 1.165) is 24.7 Å². The lowest BCUT2D eigenvalue weighted by atomic mass is 10.1. The van der Waals surface area contributed by atoms with E-state index in [2.05, 4.69) is 30.1 Å². The number of hydrogen-bond donors (Lipinski definition) is 1. The third-order valence-corrected chi connectivity index (χ3v) is 3.68. The molecule has 1 aromatic carbocycles. The summed E-state index contributed by atoms with van der Waals surface area (Å²) in [5.41, 5.74) is 2.47. The highest BCUT2D eigenvalue weighted by atomic mass is 35.5. The number of hydrogen-bond acceptors (Lipinski definition) is 2. The highest BCUT2D eigenvalue weighted by Crippen LogP contribution is 2.28. The van der Waals surface area contributed by atoms with Crippen LogP contribution < -0.4 is 10.2 Å². The van der Waals surface area contributed by atoms with E-state index in [1.807, 2.05) is 12.1 Å². The molecule has 0 radical (unpaired) electrons. The highest BCUT2D eigenvalue weighted by molar-refractivity contribution is 6.31. The molecule has 3 heteroatoms. The standard InChI is InChI=1S/C13H19ClN2/c1-10-9-15-7-4-8-16(10)13-6-3-5-12(14)11(13)2/h3,5-6,10,15H,4,7-9H2,1-2H3. The average molecular weight is 239 g/mol. The average Bonchev–Trinajstić information content (AvgIpc) is 2.47. The first-order chi connectivity index (χ1) is 7.70. The molecule has 0 bridgehead atoms. The molecular formula is C13H19ClN2. The van der Waals surface area contributed by atoms with Crippen molar-refractivity contribution in [3.63, 3.8) is 0 Å². The quantitative estimate of drug-likeness (QED) is 0.810. The summed E-state index contributed by atoms with van der Waals surface area (Å²) in [6, 6.07) is 6.69. The Morgan fingerprint density at radius 2 is 2.25 bits per heavy atom. The number of nitrogens with one attached hydrogen (secondary N) is 1. The van der Waals surface area contributed by atoms with Crippen LogP contribution in [0.1, 0.15) is 18.9 Å². The van der Waals surface area contributed by atoms with Crippen LogP contribution >= 0.6 is 11.6 Å². The summed E-state index contributed by atoms with van der Waals surface area (Å²) < 4.78 is 0. The summed E-state index contributed by atoms with van der Waals surface area (Å²) in [7, 11) is 0. The van der Waals surface area contributed by atoms with Crippen LogP contribution in [0.25, 0.3) is 0 Å². The van der Waals surface area contributed by atoms with Gasteiger partial charge in [0.2, 0.25) is 0 Å². The van der Waals surface area contributed by atoms with Gasteiger partial charge in [-0.2, -0.15) is 0 Å². The van der Waals surface area contributed by atoms with Crippen molar-refractivity contribution in [2.24, 2.45) is 0 Å². The van der Waals surface area contributed by atoms with Gasteiger partial charge >= 0.3 is 0 Å². The van der Waals surface area contributed by atoms with Crippen LogP contribution in [0, 0.1) is 6.92 Å². The molecule has 1 heterocycles. The van der Waals surface area contributed by atoms with Crippen molar-refractivity contribution < 1.29 is 0 Å². The second-order valence-electron chi connectivity index (χ2n) is 4.48. The van der Waals surface area contributed by atoms with Gasteiger partial charge in [-0.15, -0.1) is 0 Å². The van der Waals surface area contributed by atoms with Crippen molar-refractivity contribution in [1.29, 1.82) is 0 Å². The monoisotopic (exact) mass is 238 g/mol. The summed E-state index contributed by atoms with van der Waals surface area (Å²) in [5, 5.41) is 4.32. The molecule has 1 atom stereocenters. The molecule has 1 fully saturated rings. The zero-order valence-electron chi connectivity index (χ0n) is 9.96. The smallest absolute Gasteiger partial charge is 0.0455 e. The third kappa shape index (κ3) is 2.33. The minimum absolute atomic E-state index is 0.527. The number of anilines is 1. The summed E-state index contributed by atoms with van der Waals surface area (Å²) >= 11 is 6.18. The first-order valence-electron chi connectivity index (χ1n) is 5.92. The van der Waals surface area contributed by atoms with Gasteiger partial charge in [-0.25, -0.2) is 0 Å². The lowest BCUT2D eigenvalue weighted by molar-refractivity contribution is 0.629. The predicted molar refractivity (Wildman–Crippen MR) is 70.5 cm³/mol. The van der Waals surface area contributed by atoms with Crippen molar-refractivity contribution in [1.82, 2.24) is 5.32 Å². The molecule has 1 aliphatic heterocycles. The fraction of sp³-hybridized carbons (Fsp3) is 0.538. The molecule has 0 aliphatic carbocycles. The largest absolute Gasteiger partial charge is 0.367 e. The molecule has 0 spiro atoms. The van der Waals surface area contributed by atoms with Crippen molar-refractivity contribution in [3.05, 3.63) is 28.8 Å². The fourth-order valence-corrected chi connectivity index (χ4v) is 2.45. The Morgan fingerprint density at radius 3 is 3.06 bits per heavy atom. The molecule has 0 amide bonds. The molecule has 16 heavy (non-hydrogen) atoms. The van der Waals surface area contributed by atoms with Crippen molar-refractivity contribution in [2.75, 3.05) is 24.5 Å². The van der Waals surface area contributed by atoms with E-state index in [-0.39, 0.29) is 0 Å². The van der Waals surface area contributed by atoms with Gasteiger partial charge in [0.15, 0.2) is 0 Å². The van der Waals surface area contributed by atoms with Gasteiger partial charge in [0.1, 0.15) is 0 Å². The van der Waals surface area contributed by atoms with Crippen LogP contribution in [0.15, 0.2) is 18.2 Å². The first-order valence-corrected chi connectivity index (χ1v) is 6.30. The van der Waals surface area contributed by atoms with Crippen LogP contribution in [0.5, 0.6) is 0 Å². The van der Waals surface area contributed by atoms with Gasteiger partial charge in [-0.1, -0.05) is 17.7 Å². The second-order valence-corrected chi connectivity index (χ2v) is 4.89. The Bertz CT molecular complexity index is 365. The van der Waals surface area contributed by atoms with Crippen LogP contribution in [0.3, 0.4) is 0 Å². The molecule has 1 saturated heterocycles. The summed E-state index contributed by atoms with van der Waals surface area (Å²) in [5.74, 6) is 0. The van der Waals surface area contributed by atoms with E-state index in [1.54, 1.807) is 0 Å². The van der Waals surface area contributed by atoms with Crippen LogP contribution in [0.4, 0.5) is 5.69 Å². The molecule has 1 aromatic rings. The molecular weight excluding hydrogens is 220 g/mol. The van der Waals surface area contributed by atoms with Gasteiger partial charge in [0, 0.05) is 29.8 Å². The van der Waals surface area contributed by atoms with Crippen molar-refractivity contribution >= 4 is 17.3 Å². The zero-order chi connectivity index (χ0) is 11.5. The highest BCUT2D eigenvalue weighted by Gasteiger charge is 2.18. The molecule has 1 N–H and O–H groups in total. The fourth-order valence-electron chi connectivity index (χ4n) is 2.28. The lowest BCUT2D eigenvalue weighted by Crippen LogP contribution is -2.37. The molecule has 1 unspecified atom stereocenters. The van der Waals surface area contributed by atoms with Crippen LogP contribution in [-0.4, -0.2) is 25.7 Å². The van der Waals surface area contributed by atoms with Crippen molar-refractivity contribution in [2.45, 2.75) is 26.3 Å². The van der Waals surface area contributed by atoms with Crippen molar-refractivity contribution in [3.8, 4) is 0 Å². The maximum atomic E-state index is 6.18. The van der Waals surface area contributed by atoms with E-state index < -0.39 is 0 Å². The Balaban J connectivity index is 2.30. The number of halogens is 1. The van der Waals surface area contributed by atoms with E-state index in [9.17, 15) is 0 Å². The molecule has 2 nitrogen and oxygen atoms in total. The van der Waals surface area contributed by atoms with E-state index >= 15 is 0 Å². The first kappa shape index (κ1) is 11.7. The molecule has 0 saturated carbocycles. The maximum absolute atomic E-state index is 6.18. The van der Waals surface area contributed by atoms with Gasteiger partial charge < -0.3 is 10.2 Å². The normalized spacial score (nSPS) is 21.9. The minimum Gasteiger partial charge on any atom is -0.367 e. The lowest BCUT2D eigenvalue weighted by Gasteiger charge is -2.30. The SMILES string of the molecule is Cc1c(Cl)cccc1N1CCCNCC1C. The molecule has 0 aromatic heterocycles. The number of nitrogens with zero attached hydrogens (tertiary/aromatic N) is 1. The topological polar surface area (TPSA) is 15.3 Å². The summed E-state index contributed by atoms with van der Waals surface area (Å²) in [6.07, 6.45) is 1.19. The molecule has 1 aliphatic rings. The third-order valence-electron chi connectivity index (χ3n) is 3.27. The van der Waals surface area contributed by atoms with Gasteiger partial charge in [-0.3, -0.25) is 0 Å². The van der Waals surface area contributed by atoms with E-state index in [0.29, 0.717) is 6.04 Å². The summed E-state index contributed by atoms with van der Waals surface area (Å²) in [4.78, 5) is 2.46.